The first-order valence-electron chi connectivity index (χ1n) is 9.89. The number of carbonyl (C=O) groups is 1. The lowest BCUT2D eigenvalue weighted by Gasteiger charge is -2.45. The lowest BCUT2D eigenvalue weighted by Crippen LogP contribution is -2.44. The molecule has 30 heavy (non-hydrogen) atoms. The highest BCUT2D eigenvalue weighted by Gasteiger charge is 2.51. The molecule has 0 amide bonds. The number of cyclic esters (lactones) is 1. The van der Waals surface area contributed by atoms with Crippen LogP contribution in [-0.2, 0) is 10.3 Å². The van der Waals surface area contributed by atoms with E-state index in [9.17, 15) is 4.79 Å². The summed E-state index contributed by atoms with van der Waals surface area (Å²) in [6.07, 6.45) is 0. The number of carbonyl (C=O) groups excluding carboxylic acids is 1. The minimum absolute atomic E-state index is 0.212. The van der Waals surface area contributed by atoms with Crippen molar-refractivity contribution < 1.29 is 9.53 Å². The lowest BCUT2D eigenvalue weighted by atomic mass is 9.67. The first-order chi connectivity index (χ1) is 14.7. The van der Waals surface area contributed by atoms with Crippen LogP contribution < -0.4 is 0 Å². The summed E-state index contributed by atoms with van der Waals surface area (Å²) in [5, 5.41) is 0.640. The van der Waals surface area contributed by atoms with Crippen LogP contribution in [0.4, 0.5) is 0 Å². The molecule has 3 heteroatoms. The fourth-order valence-electron chi connectivity index (χ4n) is 4.47. The Kier molecular flexibility index (Phi) is 4.65. The maximum absolute atomic E-state index is 13.2. The second-order valence-corrected chi connectivity index (χ2v) is 7.87. The molecule has 0 aliphatic carbocycles. The van der Waals surface area contributed by atoms with Crippen molar-refractivity contribution in [2.45, 2.75) is 11.5 Å². The van der Waals surface area contributed by atoms with Crippen LogP contribution >= 0.6 is 11.6 Å². The Morgan fingerprint density at radius 1 is 0.667 bits per heavy atom. The molecule has 0 aromatic heterocycles. The monoisotopic (exact) mass is 410 g/mol. The molecule has 0 spiro atoms. The van der Waals surface area contributed by atoms with Crippen LogP contribution in [0.1, 0.15) is 38.5 Å². The molecule has 1 aliphatic rings. The fourth-order valence-corrected chi connectivity index (χ4v) is 4.60. The van der Waals surface area contributed by atoms with Gasteiger partial charge >= 0.3 is 5.97 Å². The van der Waals surface area contributed by atoms with Crippen LogP contribution in [0.15, 0.2) is 109 Å². The molecular weight excluding hydrogens is 392 g/mol. The van der Waals surface area contributed by atoms with Crippen LogP contribution in [0, 0.1) is 0 Å². The van der Waals surface area contributed by atoms with E-state index in [-0.39, 0.29) is 11.9 Å². The van der Waals surface area contributed by atoms with Gasteiger partial charge in [0.05, 0.1) is 11.5 Å². The standard InChI is InChI=1S/C27H19ClO2/c28-22-17-15-21(16-18-22)27(20-11-5-2-6-12-20)25(19-9-3-1-4-10-19)23-13-7-8-14-24(23)26(29)30-27/h1-18,25H. The van der Waals surface area contributed by atoms with E-state index in [2.05, 4.69) is 12.1 Å². The van der Waals surface area contributed by atoms with Gasteiger partial charge in [0.25, 0.3) is 0 Å². The number of halogens is 1. The zero-order chi connectivity index (χ0) is 20.6. The lowest BCUT2D eigenvalue weighted by molar-refractivity contribution is -0.0159. The van der Waals surface area contributed by atoms with E-state index in [0.717, 1.165) is 22.3 Å². The first kappa shape index (κ1) is 18.7. The van der Waals surface area contributed by atoms with Crippen molar-refractivity contribution >= 4 is 17.6 Å². The molecule has 0 bridgehead atoms. The van der Waals surface area contributed by atoms with Crippen molar-refractivity contribution in [1.82, 2.24) is 0 Å². The first-order valence-corrected chi connectivity index (χ1v) is 10.3. The van der Waals surface area contributed by atoms with Gasteiger partial charge in [0.2, 0.25) is 0 Å². The quantitative estimate of drug-likeness (QED) is 0.356. The zero-order valence-electron chi connectivity index (χ0n) is 16.2. The third-order valence-corrected chi connectivity index (χ3v) is 6.01. The van der Waals surface area contributed by atoms with Crippen molar-refractivity contribution in [1.29, 1.82) is 0 Å². The van der Waals surface area contributed by atoms with Gasteiger partial charge in [-0.05, 0) is 29.3 Å². The number of fused-ring (bicyclic) bond motifs is 1. The third kappa shape index (κ3) is 2.92. The topological polar surface area (TPSA) is 26.3 Å². The predicted molar refractivity (Wildman–Crippen MR) is 119 cm³/mol. The minimum atomic E-state index is -1.02. The summed E-state index contributed by atoms with van der Waals surface area (Å²) in [4.78, 5) is 13.2. The molecule has 4 aromatic carbocycles. The van der Waals surface area contributed by atoms with Crippen molar-refractivity contribution in [2.75, 3.05) is 0 Å². The third-order valence-electron chi connectivity index (χ3n) is 5.76. The van der Waals surface area contributed by atoms with Crippen LogP contribution in [0.2, 0.25) is 5.02 Å². The van der Waals surface area contributed by atoms with Crippen molar-refractivity contribution in [2.24, 2.45) is 0 Å². The van der Waals surface area contributed by atoms with Gasteiger partial charge in [-0.15, -0.1) is 0 Å². The Labute approximate surface area is 180 Å². The van der Waals surface area contributed by atoms with E-state index in [1.807, 2.05) is 97.1 Å². The number of hydrogen-bond acceptors (Lipinski definition) is 2. The van der Waals surface area contributed by atoms with E-state index >= 15 is 0 Å². The molecule has 146 valence electrons. The Morgan fingerprint density at radius 3 is 1.93 bits per heavy atom. The minimum Gasteiger partial charge on any atom is -0.445 e. The van der Waals surface area contributed by atoms with Gasteiger partial charge in [-0.2, -0.15) is 0 Å². The number of esters is 1. The van der Waals surface area contributed by atoms with Gasteiger partial charge < -0.3 is 4.74 Å². The average Bonchev–Trinajstić information content (AvgIpc) is 2.80. The van der Waals surface area contributed by atoms with E-state index < -0.39 is 5.60 Å². The van der Waals surface area contributed by atoms with Gasteiger partial charge in [0, 0.05) is 16.1 Å². The second-order valence-electron chi connectivity index (χ2n) is 7.43. The van der Waals surface area contributed by atoms with E-state index in [1.54, 1.807) is 0 Å². The fraction of sp³-hybridized carbons (Fsp3) is 0.0741. The molecule has 0 saturated heterocycles. The molecule has 0 saturated carbocycles. The summed E-state index contributed by atoms with van der Waals surface area (Å²) in [6.45, 7) is 0. The Hall–Kier alpha value is -3.36. The van der Waals surface area contributed by atoms with Gasteiger partial charge in [-0.3, -0.25) is 0 Å². The van der Waals surface area contributed by atoms with Crippen molar-refractivity contribution in [3.8, 4) is 0 Å². The summed E-state index contributed by atoms with van der Waals surface area (Å²) in [5.41, 5.74) is 3.43. The Bertz CT molecular complexity index is 1190. The second kappa shape index (κ2) is 7.47. The molecular formula is C27H19ClO2. The summed E-state index contributed by atoms with van der Waals surface area (Å²) in [6, 6.07) is 35.5. The predicted octanol–water partition coefficient (Wildman–Crippen LogP) is 6.59. The van der Waals surface area contributed by atoms with Crippen LogP contribution in [0.3, 0.4) is 0 Å². The summed E-state index contributed by atoms with van der Waals surface area (Å²) in [7, 11) is 0. The van der Waals surface area contributed by atoms with E-state index in [1.165, 1.54) is 0 Å². The highest BCUT2D eigenvalue weighted by Crippen LogP contribution is 2.53. The largest absolute Gasteiger partial charge is 0.445 e. The molecule has 0 N–H and O–H groups in total. The summed E-state index contributed by atoms with van der Waals surface area (Å²) < 4.78 is 6.40. The molecule has 2 atom stereocenters. The number of rotatable bonds is 3. The van der Waals surface area contributed by atoms with Crippen molar-refractivity contribution in [3.05, 3.63) is 142 Å². The molecule has 0 radical (unpaired) electrons. The number of hydrogen-bond donors (Lipinski definition) is 0. The van der Waals surface area contributed by atoms with E-state index in [4.69, 9.17) is 16.3 Å². The molecule has 1 aliphatic heterocycles. The molecule has 4 aromatic rings. The molecule has 2 nitrogen and oxygen atoms in total. The van der Waals surface area contributed by atoms with Crippen LogP contribution in [-0.4, -0.2) is 5.97 Å². The average molecular weight is 411 g/mol. The SMILES string of the molecule is O=C1OC(c2ccccc2)(c2ccc(Cl)cc2)C(c2ccccc2)c2ccccc21. The van der Waals surface area contributed by atoms with Gasteiger partial charge in [-0.25, -0.2) is 4.79 Å². The van der Waals surface area contributed by atoms with Gasteiger partial charge in [-0.1, -0.05) is 103 Å². The summed E-state index contributed by atoms with van der Waals surface area (Å²) in [5.74, 6) is -0.534. The smallest absolute Gasteiger partial charge is 0.339 e. The van der Waals surface area contributed by atoms with Crippen LogP contribution in [0.5, 0.6) is 0 Å². The molecule has 1 heterocycles. The Balaban J connectivity index is 1.88. The van der Waals surface area contributed by atoms with Crippen LogP contribution in [0.25, 0.3) is 0 Å². The summed E-state index contributed by atoms with van der Waals surface area (Å²) >= 11 is 6.20. The molecule has 5 rings (SSSR count). The maximum Gasteiger partial charge on any atom is 0.339 e. The normalized spacial score (nSPS) is 20.3. The molecule has 2 unspecified atom stereocenters. The number of benzene rings is 4. The zero-order valence-corrected chi connectivity index (χ0v) is 16.9. The van der Waals surface area contributed by atoms with Gasteiger partial charge in [0.15, 0.2) is 5.60 Å². The maximum atomic E-state index is 13.2. The Morgan fingerprint density at radius 2 is 1.23 bits per heavy atom. The highest BCUT2D eigenvalue weighted by molar-refractivity contribution is 6.30. The van der Waals surface area contributed by atoms with Gasteiger partial charge in [0.1, 0.15) is 0 Å². The molecule has 0 fully saturated rings. The highest BCUT2D eigenvalue weighted by atomic mass is 35.5. The number of ether oxygens (including phenoxy) is 1. The van der Waals surface area contributed by atoms with Crippen molar-refractivity contribution in [3.63, 3.8) is 0 Å². The van der Waals surface area contributed by atoms with E-state index in [0.29, 0.717) is 10.6 Å².